The van der Waals surface area contributed by atoms with E-state index in [1.807, 2.05) is 18.3 Å². The maximum absolute atomic E-state index is 9.13. The number of nitrogens with zero attached hydrogens (tertiary/aromatic N) is 5. The lowest BCUT2D eigenvalue weighted by molar-refractivity contribution is 0.117. The van der Waals surface area contributed by atoms with Crippen LogP contribution in [-0.2, 0) is 6.54 Å². The van der Waals surface area contributed by atoms with Crippen molar-refractivity contribution in [1.29, 1.82) is 10.5 Å². The molecule has 0 radical (unpaired) electrons. The van der Waals surface area contributed by atoms with Gasteiger partial charge in [0.15, 0.2) is 0 Å². The van der Waals surface area contributed by atoms with Gasteiger partial charge in [0.05, 0.1) is 23.8 Å². The van der Waals surface area contributed by atoms with Gasteiger partial charge in [-0.15, -0.1) is 0 Å². The quantitative estimate of drug-likeness (QED) is 0.794. The van der Waals surface area contributed by atoms with E-state index in [0.29, 0.717) is 12.8 Å². The lowest BCUT2D eigenvalue weighted by atomic mass is 10.0. The molecule has 0 aromatic carbocycles. The van der Waals surface area contributed by atoms with Crippen LogP contribution in [0.5, 0.6) is 0 Å². The van der Waals surface area contributed by atoms with Gasteiger partial charge in [0.1, 0.15) is 0 Å². The molecule has 21 heavy (non-hydrogen) atoms. The Morgan fingerprint density at radius 1 is 1.14 bits per heavy atom. The Hall–Kier alpha value is -1.95. The van der Waals surface area contributed by atoms with Crippen LogP contribution in [0.1, 0.15) is 18.5 Å². The van der Waals surface area contributed by atoms with Crippen molar-refractivity contribution in [1.82, 2.24) is 14.8 Å². The summed E-state index contributed by atoms with van der Waals surface area (Å²) in [4.78, 5) is 9.09. The van der Waals surface area contributed by atoms with Crippen LogP contribution in [0.2, 0.25) is 0 Å². The smallest absolute Gasteiger partial charge is 0.0669 e. The molecule has 1 aliphatic rings. The molecule has 0 N–H and O–H groups in total. The molecule has 1 aliphatic heterocycles. The first-order valence-electron chi connectivity index (χ1n) is 7.43. The first-order chi connectivity index (χ1) is 10.3. The highest BCUT2D eigenvalue weighted by Gasteiger charge is 2.20. The Balaban J connectivity index is 1.73. The van der Waals surface area contributed by atoms with Gasteiger partial charge in [-0.2, -0.15) is 10.5 Å². The van der Waals surface area contributed by atoms with Gasteiger partial charge in [-0.25, -0.2) is 0 Å². The zero-order chi connectivity index (χ0) is 14.9. The summed E-state index contributed by atoms with van der Waals surface area (Å²) < 4.78 is 0. The predicted molar refractivity (Wildman–Crippen MR) is 79.9 cm³/mol. The summed E-state index contributed by atoms with van der Waals surface area (Å²) in [6.07, 6.45) is 2.98. The number of hydrogen-bond donors (Lipinski definition) is 0. The third kappa shape index (κ3) is 5.15. The average molecular weight is 283 g/mol. The Kier molecular flexibility index (Phi) is 6.15. The van der Waals surface area contributed by atoms with Crippen molar-refractivity contribution < 1.29 is 0 Å². The molecule has 0 saturated carbocycles. The van der Waals surface area contributed by atoms with Crippen LogP contribution in [0.15, 0.2) is 24.4 Å². The van der Waals surface area contributed by atoms with Crippen LogP contribution < -0.4 is 0 Å². The fraction of sp³-hybridized carbons (Fsp3) is 0.562. The summed E-state index contributed by atoms with van der Waals surface area (Å²) in [5.74, 6) is -0.0213. The molecule has 1 aromatic rings. The highest BCUT2D eigenvalue weighted by atomic mass is 15.3. The second-order valence-electron chi connectivity index (χ2n) is 5.42. The molecule has 1 saturated heterocycles. The topological polar surface area (TPSA) is 67.0 Å². The summed E-state index contributed by atoms with van der Waals surface area (Å²) in [6.45, 7) is 5.66. The Bertz CT molecular complexity index is 494. The van der Waals surface area contributed by atoms with E-state index in [9.17, 15) is 0 Å². The van der Waals surface area contributed by atoms with Crippen LogP contribution in [0.3, 0.4) is 0 Å². The summed E-state index contributed by atoms with van der Waals surface area (Å²) in [6, 6.07) is 10.4. The minimum absolute atomic E-state index is 0.0213. The molecule has 5 heteroatoms. The van der Waals surface area contributed by atoms with Crippen molar-refractivity contribution in [3.63, 3.8) is 0 Å². The largest absolute Gasteiger partial charge is 0.299 e. The standard InChI is InChI=1S/C16H21N5/c17-6-3-4-15(12-18)13-20-8-10-21(11-9-20)14-16-5-1-2-7-19-16/h1-2,5,7,15H,3-4,8-11,13-14H2/t15-/m0/s1. The van der Waals surface area contributed by atoms with Gasteiger partial charge in [-0.1, -0.05) is 6.07 Å². The molecule has 1 fully saturated rings. The molecule has 1 atom stereocenters. The molecule has 2 rings (SSSR count). The summed E-state index contributed by atoms with van der Waals surface area (Å²) >= 11 is 0. The van der Waals surface area contributed by atoms with Gasteiger partial charge >= 0.3 is 0 Å². The van der Waals surface area contributed by atoms with Crippen LogP contribution in [0.25, 0.3) is 0 Å². The van der Waals surface area contributed by atoms with Crippen molar-refractivity contribution in [2.24, 2.45) is 5.92 Å². The van der Waals surface area contributed by atoms with E-state index in [-0.39, 0.29) is 5.92 Å². The number of aromatic nitrogens is 1. The van der Waals surface area contributed by atoms with Crippen molar-refractivity contribution in [2.75, 3.05) is 32.7 Å². The molecular formula is C16H21N5. The summed E-state index contributed by atoms with van der Waals surface area (Å²) in [5, 5.41) is 17.7. The third-order valence-corrected chi connectivity index (χ3v) is 3.84. The molecule has 110 valence electrons. The Morgan fingerprint density at radius 3 is 2.52 bits per heavy atom. The maximum atomic E-state index is 9.13. The minimum atomic E-state index is -0.0213. The highest BCUT2D eigenvalue weighted by molar-refractivity contribution is 5.03. The van der Waals surface area contributed by atoms with Crippen LogP contribution >= 0.6 is 0 Å². The van der Waals surface area contributed by atoms with Crippen molar-refractivity contribution in [2.45, 2.75) is 19.4 Å². The van der Waals surface area contributed by atoms with Gasteiger partial charge in [0, 0.05) is 51.9 Å². The molecular weight excluding hydrogens is 262 g/mol. The van der Waals surface area contributed by atoms with E-state index >= 15 is 0 Å². The lowest BCUT2D eigenvalue weighted by Gasteiger charge is -2.35. The molecule has 5 nitrogen and oxygen atoms in total. The van der Waals surface area contributed by atoms with Crippen LogP contribution in [0, 0.1) is 28.6 Å². The van der Waals surface area contributed by atoms with E-state index in [4.69, 9.17) is 10.5 Å². The van der Waals surface area contributed by atoms with Crippen LogP contribution in [-0.4, -0.2) is 47.5 Å². The molecule has 0 aliphatic carbocycles. The number of hydrogen-bond acceptors (Lipinski definition) is 5. The van der Waals surface area contributed by atoms with E-state index in [1.165, 1.54) is 0 Å². The first-order valence-corrected chi connectivity index (χ1v) is 7.43. The molecule has 2 heterocycles. The zero-order valence-corrected chi connectivity index (χ0v) is 12.3. The molecule has 0 unspecified atom stereocenters. The molecule has 0 amide bonds. The summed E-state index contributed by atoms with van der Waals surface area (Å²) in [7, 11) is 0. The number of rotatable bonds is 6. The lowest BCUT2D eigenvalue weighted by Crippen LogP contribution is -2.47. The average Bonchev–Trinajstić information content (AvgIpc) is 2.54. The monoisotopic (exact) mass is 283 g/mol. The summed E-state index contributed by atoms with van der Waals surface area (Å²) in [5.41, 5.74) is 1.11. The van der Waals surface area contributed by atoms with E-state index in [1.54, 1.807) is 0 Å². The normalized spacial score (nSPS) is 17.8. The van der Waals surface area contributed by atoms with Gasteiger partial charge in [0.2, 0.25) is 0 Å². The fourth-order valence-electron chi connectivity index (χ4n) is 2.60. The van der Waals surface area contributed by atoms with E-state index in [0.717, 1.165) is 45.0 Å². The maximum Gasteiger partial charge on any atom is 0.0669 e. The van der Waals surface area contributed by atoms with Crippen molar-refractivity contribution in [3.05, 3.63) is 30.1 Å². The molecule has 0 spiro atoms. The SMILES string of the molecule is N#CCC[C@@H](C#N)CN1CCN(Cc2ccccn2)CC1. The Labute approximate surface area is 126 Å². The number of pyridine rings is 1. The Morgan fingerprint density at radius 2 is 1.90 bits per heavy atom. The minimum Gasteiger partial charge on any atom is -0.299 e. The number of nitriles is 2. The zero-order valence-electron chi connectivity index (χ0n) is 12.3. The van der Waals surface area contributed by atoms with Gasteiger partial charge in [-0.3, -0.25) is 14.8 Å². The second kappa shape index (κ2) is 8.36. The van der Waals surface area contributed by atoms with E-state index in [2.05, 4.69) is 33.0 Å². The van der Waals surface area contributed by atoms with E-state index < -0.39 is 0 Å². The van der Waals surface area contributed by atoms with Crippen molar-refractivity contribution >= 4 is 0 Å². The molecule has 1 aromatic heterocycles. The first kappa shape index (κ1) is 15.4. The van der Waals surface area contributed by atoms with Gasteiger partial charge in [0.25, 0.3) is 0 Å². The van der Waals surface area contributed by atoms with Gasteiger partial charge < -0.3 is 0 Å². The van der Waals surface area contributed by atoms with Crippen molar-refractivity contribution in [3.8, 4) is 12.1 Å². The fourth-order valence-corrected chi connectivity index (χ4v) is 2.60. The highest BCUT2D eigenvalue weighted by Crippen LogP contribution is 2.11. The van der Waals surface area contributed by atoms with Crippen LogP contribution in [0.4, 0.5) is 0 Å². The second-order valence-corrected chi connectivity index (χ2v) is 5.42. The molecule has 0 bridgehead atoms. The van der Waals surface area contributed by atoms with Gasteiger partial charge in [-0.05, 0) is 18.6 Å². The predicted octanol–water partition coefficient (Wildman–Crippen LogP) is 1.64. The number of piperazine rings is 1. The third-order valence-electron chi connectivity index (χ3n) is 3.84.